The highest BCUT2D eigenvalue weighted by molar-refractivity contribution is 8.00. The van der Waals surface area contributed by atoms with Gasteiger partial charge < -0.3 is 5.73 Å². The van der Waals surface area contributed by atoms with Crippen molar-refractivity contribution in [2.24, 2.45) is 5.73 Å². The lowest BCUT2D eigenvalue weighted by Crippen LogP contribution is -2.40. The number of hydrogen-bond donors (Lipinski definition) is 1. The molecule has 0 aliphatic carbocycles. The zero-order valence-corrected chi connectivity index (χ0v) is 8.72. The predicted molar refractivity (Wildman–Crippen MR) is 51.4 cm³/mol. The monoisotopic (exact) mass is 237 g/mol. The molecule has 0 amide bonds. The Hall–Kier alpha value is -0.820. The molecule has 7 heteroatoms. The first kappa shape index (κ1) is 12.3. The van der Waals surface area contributed by atoms with Crippen LogP contribution in [-0.2, 0) is 0 Å². The van der Waals surface area contributed by atoms with E-state index < -0.39 is 17.5 Å². The Morgan fingerprint density at radius 2 is 2.07 bits per heavy atom. The van der Waals surface area contributed by atoms with Crippen molar-refractivity contribution in [3.8, 4) is 0 Å². The van der Waals surface area contributed by atoms with Crippen molar-refractivity contribution in [1.82, 2.24) is 9.97 Å². The van der Waals surface area contributed by atoms with Crippen LogP contribution in [-0.4, -0.2) is 27.4 Å². The van der Waals surface area contributed by atoms with Crippen LogP contribution >= 0.6 is 11.8 Å². The molecule has 0 aliphatic rings. The van der Waals surface area contributed by atoms with E-state index in [1.165, 1.54) is 25.5 Å². The normalized spacial score (nSPS) is 16.1. The summed E-state index contributed by atoms with van der Waals surface area (Å²) in [6.07, 6.45) is -0.308. The maximum Gasteiger partial charge on any atom is 0.402 e. The highest BCUT2D eigenvalue weighted by atomic mass is 32.2. The van der Waals surface area contributed by atoms with Gasteiger partial charge in [-0.15, -0.1) is 0 Å². The van der Waals surface area contributed by atoms with Crippen molar-refractivity contribution in [2.75, 3.05) is 0 Å². The molecule has 0 fully saturated rings. The average Bonchev–Trinajstić information content (AvgIpc) is 2.13. The van der Waals surface area contributed by atoms with Gasteiger partial charge in [-0.3, -0.25) is 4.98 Å². The van der Waals surface area contributed by atoms with Gasteiger partial charge in [0, 0.05) is 18.4 Å². The Morgan fingerprint density at radius 3 is 2.47 bits per heavy atom. The minimum Gasteiger partial charge on any atom is -0.327 e. The number of thioether (sulfide) groups is 1. The van der Waals surface area contributed by atoms with Crippen molar-refractivity contribution in [1.29, 1.82) is 0 Å². The van der Waals surface area contributed by atoms with Crippen LogP contribution < -0.4 is 5.73 Å². The zero-order chi connectivity index (χ0) is 11.5. The number of halogens is 3. The number of aromatic nitrogens is 2. The maximum atomic E-state index is 12.5. The van der Waals surface area contributed by atoms with Crippen LogP contribution in [0.3, 0.4) is 0 Å². The van der Waals surface area contributed by atoms with E-state index in [4.69, 9.17) is 5.73 Å². The molecule has 1 aromatic rings. The van der Waals surface area contributed by atoms with Crippen LogP contribution in [0, 0.1) is 0 Å². The van der Waals surface area contributed by atoms with Gasteiger partial charge in [-0.25, -0.2) is 4.98 Å². The lowest BCUT2D eigenvalue weighted by Gasteiger charge is -2.22. The predicted octanol–water partition coefficient (Wildman–Crippen LogP) is 1.85. The smallest absolute Gasteiger partial charge is 0.327 e. The molecule has 0 spiro atoms. The molecule has 0 saturated carbocycles. The van der Waals surface area contributed by atoms with Gasteiger partial charge >= 0.3 is 6.18 Å². The first-order valence-corrected chi connectivity index (χ1v) is 5.04. The molecule has 2 atom stereocenters. The molecule has 0 bridgehead atoms. The second kappa shape index (κ2) is 4.80. The van der Waals surface area contributed by atoms with E-state index in [1.54, 1.807) is 0 Å². The molecule has 0 radical (unpaired) electrons. The molecule has 2 unspecified atom stereocenters. The van der Waals surface area contributed by atoms with Gasteiger partial charge in [-0.2, -0.15) is 13.2 Å². The van der Waals surface area contributed by atoms with Gasteiger partial charge in [0.25, 0.3) is 0 Å². The number of nitrogens with two attached hydrogens (primary N) is 1. The minimum atomic E-state index is -4.34. The molecule has 1 rings (SSSR count). The van der Waals surface area contributed by atoms with E-state index in [0.717, 1.165) is 0 Å². The molecule has 0 aromatic carbocycles. The van der Waals surface area contributed by atoms with Crippen LogP contribution in [0.4, 0.5) is 13.2 Å². The minimum absolute atomic E-state index is 0.220. The molecule has 0 saturated heterocycles. The third kappa shape index (κ3) is 3.67. The van der Waals surface area contributed by atoms with Gasteiger partial charge in [-0.05, 0) is 6.92 Å². The summed E-state index contributed by atoms with van der Waals surface area (Å²) in [5.41, 5.74) is 5.28. The first-order valence-electron chi connectivity index (χ1n) is 4.16. The van der Waals surface area contributed by atoms with E-state index in [0.29, 0.717) is 11.8 Å². The SMILES string of the molecule is CC(N)C(Sc1cnccn1)C(F)(F)F. The number of hydrogen-bond acceptors (Lipinski definition) is 4. The molecule has 15 heavy (non-hydrogen) atoms. The van der Waals surface area contributed by atoms with Gasteiger partial charge in [0.05, 0.1) is 6.20 Å². The molecule has 1 aromatic heterocycles. The summed E-state index contributed by atoms with van der Waals surface area (Å²) in [6.45, 7) is 1.32. The molecule has 0 aliphatic heterocycles. The Balaban J connectivity index is 2.77. The standard InChI is InChI=1S/C8H10F3N3S/c1-5(12)7(8(9,10)11)15-6-4-13-2-3-14-6/h2-5,7H,12H2,1H3. The van der Waals surface area contributed by atoms with E-state index >= 15 is 0 Å². The summed E-state index contributed by atoms with van der Waals surface area (Å²) >= 11 is 0.580. The zero-order valence-electron chi connectivity index (χ0n) is 7.90. The number of rotatable bonds is 3. The van der Waals surface area contributed by atoms with Gasteiger partial charge in [0.1, 0.15) is 10.3 Å². The molecule has 1 heterocycles. The Bertz CT molecular complexity index is 302. The Kier molecular flexibility index (Phi) is 3.92. The van der Waals surface area contributed by atoms with Crippen LogP contribution in [0.2, 0.25) is 0 Å². The summed E-state index contributed by atoms with van der Waals surface area (Å²) in [4.78, 5) is 7.45. The fraction of sp³-hybridized carbons (Fsp3) is 0.500. The van der Waals surface area contributed by atoms with Crippen LogP contribution in [0.1, 0.15) is 6.92 Å². The second-order valence-corrected chi connectivity index (χ2v) is 4.14. The lowest BCUT2D eigenvalue weighted by molar-refractivity contribution is -0.131. The van der Waals surface area contributed by atoms with Crippen molar-refractivity contribution in [3.05, 3.63) is 18.6 Å². The summed E-state index contributed by atoms with van der Waals surface area (Å²) in [5.74, 6) is 0. The highest BCUT2D eigenvalue weighted by Gasteiger charge is 2.43. The van der Waals surface area contributed by atoms with Gasteiger partial charge in [-0.1, -0.05) is 11.8 Å². The second-order valence-electron chi connectivity index (χ2n) is 2.98. The fourth-order valence-corrected chi connectivity index (χ4v) is 1.80. The fourth-order valence-electron chi connectivity index (χ4n) is 0.949. The van der Waals surface area contributed by atoms with E-state index in [9.17, 15) is 13.2 Å². The van der Waals surface area contributed by atoms with Crippen molar-refractivity contribution < 1.29 is 13.2 Å². The molecular formula is C8H10F3N3S. The van der Waals surface area contributed by atoms with Crippen LogP contribution in [0.25, 0.3) is 0 Å². The van der Waals surface area contributed by atoms with Crippen molar-refractivity contribution >= 4 is 11.8 Å². The molecule has 84 valence electrons. The summed E-state index contributed by atoms with van der Waals surface area (Å²) < 4.78 is 37.5. The average molecular weight is 237 g/mol. The van der Waals surface area contributed by atoms with E-state index in [1.807, 2.05) is 0 Å². The third-order valence-corrected chi connectivity index (χ3v) is 2.99. The molecule has 2 N–H and O–H groups in total. The topological polar surface area (TPSA) is 51.8 Å². The number of nitrogens with zero attached hydrogens (tertiary/aromatic N) is 2. The van der Waals surface area contributed by atoms with E-state index in [-0.39, 0.29) is 5.03 Å². The number of alkyl halides is 3. The third-order valence-electron chi connectivity index (χ3n) is 1.59. The van der Waals surface area contributed by atoms with Gasteiger partial charge in [0.2, 0.25) is 0 Å². The largest absolute Gasteiger partial charge is 0.402 e. The Labute approximate surface area is 89.3 Å². The maximum absolute atomic E-state index is 12.5. The van der Waals surface area contributed by atoms with Crippen molar-refractivity contribution in [2.45, 2.75) is 29.4 Å². The summed E-state index contributed by atoms with van der Waals surface area (Å²) in [5, 5.41) is -1.44. The van der Waals surface area contributed by atoms with Crippen LogP contribution in [0.15, 0.2) is 23.6 Å². The first-order chi connectivity index (χ1) is 6.91. The Morgan fingerprint density at radius 1 is 1.40 bits per heavy atom. The van der Waals surface area contributed by atoms with Crippen molar-refractivity contribution in [3.63, 3.8) is 0 Å². The summed E-state index contributed by atoms with van der Waals surface area (Å²) in [6, 6.07) is -0.989. The quantitative estimate of drug-likeness (QED) is 0.815. The van der Waals surface area contributed by atoms with Gasteiger partial charge in [0.15, 0.2) is 0 Å². The lowest BCUT2D eigenvalue weighted by atomic mass is 10.2. The summed E-state index contributed by atoms with van der Waals surface area (Å²) in [7, 11) is 0. The molecule has 3 nitrogen and oxygen atoms in total. The molecular weight excluding hydrogens is 227 g/mol. The van der Waals surface area contributed by atoms with Crippen LogP contribution in [0.5, 0.6) is 0 Å². The van der Waals surface area contributed by atoms with E-state index in [2.05, 4.69) is 9.97 Å². The highest BCUT2D eigenvalue weighted by Crippen LogP contribution is 2.35.